The van der Waals surface area contributed by atoms with Gasteiger partial charge in [0.2, 0.25) is 0 Å². The average molecular weight is 273 g/mol. The number of hydrogen-bond donors (Lipinski definition) is 1. The van der Waals surface area contributed by atoms with Gasteiger partial charge in [0.05, 0.1) is 5.56 Å². The molecule has 0 unspecified atom stereocenters. The Labute approximate surface area is 117 Å². The number of halogens is 1. The summed E-state index contributed by atoms with van der Waals surface area (Å²) < 4.78 is 13.1. The number of carbonyl (C=O) groups is 1. The first-order valence-electron chi connectivity index (χ1n) is 6.24. The Morgan fingerprint density at radius 3 is 2.75 bits per heavy atom. The number of rotatable bonds is 4. The van der Waals surface area contributed by atoms with Gasteiger partial charge in [-0.25, -0.2) is 9.37 Å². The van der Waals surface area contributed by atoms with Crippen LogP contribution >= 0.6 is 0 Å². The molecule has 0 saturated carbocycles. The second-order valence-corrected chi connectivity index (χ2v) is 4.47. The second kappa shape index (κ2) is 6.14. The summed E-state index contributed by atoms with van der Waals surface area (Å²) in [5.41, 5.74) is 1.25. The van der Waals surface area contributed by atoms with Crippen molar-refractivity contribution in [3.8, 4) is 0 Å². The van der Waals surface area contributed by atoms with E-state index in [9.17, 15) is 9.18 Å². The van der Waals surface area contributed by atoms with Crippen molar-refractivity contribution in [2.75, 3.05) is 19.4 Å². The minimum atomic E-state index is -0.302. The highest BCUT2D eigenvalue weighted by molar-refractivity contribution is 5.93. The van der Waals surface area contributed by atoms with Crippen LogP contribution in [0.1, 0.15) is 15.9 Å². The van der Waals surface area contributed by atoms with E-state index in [1.54, 1.807) is 38.4 Å². The molecular weight excluding hydrogens is 257 g/mol. The van der Waals surface area contributed by atoms with Crippen LogP contribution in [-0.2, 0) is 6.54 Å². The van der Waals surface area contributed by atoms with Crippen molar-refractivity contribution in [3.63, 3.8) is 0 Å². The zero-order valence-corrected chi connectivity index (χ0v) is 11.4. The van der Waals surface area contributed by atoms with Crippen molar-refractivity contribution in [3.05, 3.63) is 59.5 Å². The van der Waals surface area contributed by atoms with E-state index in [1.807, 2.05) is 0 Å². The number of hydrogen-bond acceptors (Lipinski definition) is 3. The standard InChI is InChI=1S/C15H16FN3O/c1-17-14-7-6-12(9-18-14)15(20)19(2)10-11-4-3-5-13(16)8-11/h3-9H,10H2,1-2H3,(H,17,18). The third kappa shape index (κ3) is 3.32. The van der Waals surface area contributed by atoms with E-state index in [2.05, 4.69) is 10.3 Å². The zero-order valence-electron chi connectivity index (χ0n) is 11.4. The van der Waals surface area contributed by atoms with Gasteiger partial charge in [-0.1, -0.05) is 12.1 Å². The molecule has 20 heavy (non-hydrogen) atoms. The summed E-state index contributed by atoms with van der Waals surface area (Å²) in [5.74, 6) is 0.252. The Morgan fingerprint density at radius 2 is 2.15 bits per heavy atom. The normalized spacial score (nSPS) is 10.2. The van der Waals surface area contributed by atoms with Crippen molar-refractivity contribution in [1.82, 2.24) is 9.88 Å². The number of benzene rings is 1. The Balaban J connectivity index is 2.07. The predicted octanol–water partition coefficient (Wildman–Crippen LogP) is 2.53. The number of nitrogens with zero attached hydrogens (tertiary/aromatic N) is 2. The molecular formula is C15H16FN3O. The summed E-state index contributed by atoms with van der Waals surface area (Å²) in [6.45, 7) is 0.352. The molecule has 4 nitrogen and oxygen atoms in total. The predicted molar refractivity (Wildman–Crippen MR) is 76.0 cm³/mol. The van der Waals surface area contributed by atoms with Crippen LogP contribution in [-0.4, -0.2) is 29.9 Å². The lowest BCUT2D eigenvalue weighted by atomic mass is 10.2. The van der Waals surface area contributed by atoms with Crippen LogP contribution in [0.25, 0.3) is 0 Å². The number of carbonyl (C=O) groups excluding carboxylic acids is 1. The van der Waals surface area contributed by atoms with E-state index in [-0.39, 0.29) is 11.7 Å². The van der Waals surface area contributed by atoms with Crippen LogP contribution in [0.15, 0.2) is 42.6 Å². The molecule has 0 saturated heterocycles. The smallest absolute Gasteiger partial charge is 0.255 e. The summed E-state index contributed by atoms with van der Waals surface area (Å²) in [6.07, 6.45) is 1.52. The van der Waals surface area contributed by atoms with E-state index in [0.717, 1.165) is 5.56 Å². The van der Waals surface area contributed by atoms with E-state index >= 15 is 0 Å². The van der Waals surface area contributed by atoms with E-state index in [4.69, 9.17) is 0 Å². The summed E-state index contributed by atoms with van der Waals surface area (Å²) in [7, 11) is 3.44. The first-order chi connectivity index (χ1) is 9.60. The van der Waals surface area contributed by atoms with Gasteiger partial charge in [0.1, 0.15) is 11.6 Å². The van der Waals surface area contributed by atoms with Crippen molar-refractivity contribution in [2.24, 2.45) is 0 Å². The fraction of sp³-hybridized carbons (Fsp3) is 0.200. The Hall–Kier alpha value is -2.43. The number of anilines is 1. The van der Waals surface area contributed by atoms with Gasteiger partial charge in [-0.05, 0) is 29.8 Å². The minimum absolute atomic E-state index is 0.149. The molecule has 2 aromatic rings. The number of amides is 1. The molecule has 5 heteroatoms. The Bertz CT molecular complexity index is 598. The molecule has 0 aliphatic carbocycles. The molecule has 0 aliphatic heterocycles. The van der Waals surface area contributed by atoms with E-state index in [0.29, 0.717) is 17.9 Å². The Kier molecular flexibility index (Phi) is 4.30. The van der Waals surface area contributed by atoms with E-state index < -0.39 is 0 Å². The molecule has 0 fully saturated rings. The Morgan fingerprint density at radius 1 is 1.35 bits per heavy atom. The molecule has 104 valence electrons. The summed E-state index contributed by atoms with van der Waals surface area (Å²) in [4.78, 5) is 17.8. The largest absolute Gasteiger partial charge is 0.373 e. The van der Waals surface area contributed by atoms with Gasteiger partial charge in [-0.2, -0.15) is 0 Å². The van der Waals surface area contributed by atoms with Crippen molar-refractivity contribution in [2.45, 2.75) is 6.54 Å². The monoisotopic (exact) mass is 273 g/mol. The highest BCUT2D eigenvalue weighted by Gasteiger charge is 2.12. The lowest BCUT2D eigenvalue weighted by Gasteiger charge is -2.17. The molecule has 2 rings (SSSR count). The first kappa shape index (κ1) is 14.0. The van der Waals surface area contributed by atoms with Crippen molar-refractivity contribution in [1.29, 1.82) is 0 Å². The first-order valence-corrected chi connectivity index (χ1v) is 6.24. The van der Waals surface area contributed by atoms with Gasteiger partial charge < -0.3 is 10.2 Å². The van der Waals surface area contributed by atoms with Gasteiger partial charge in [0.15, 0.2) is 0 Å². The third-order valence-corrected chi connectivity index (χ3v) is 2.92. The van der Waals surface area contributed by atoms with Crippen LogP contribution in [0.2, 0.25) is 0 Å². The fourth-order valence-electron chi connectivity index (χ4n) is 1.87. The van der Waals surface area contributed by atoms with E-state index in [1.165, 1.54) is 23.2 Å². The number of nitrogens with one attached hydrogen (secondary N) is 1. The summed E-state index contributed by atoms with van der Waals surface area (Å²) in [6, 6.07) is 9.67. The maximum atomic E-state index is 13.1. The van der Waals surface area contributed by atoms with Crippen LogP contribution in [0.3, 0.4) is 0 Å². The van der Waals surface area contributed by atoms with Crippen LogP contribution in [0, 0.1) is 5.82 Å². The van der Waals surface area contributed by atoms with Crippen molar-refractivity contribution < 1.29 is 9.18 Å². The van der Waals surface area contributed by atoms with Crippen LogP contribution < -0.4 is 5.32 Å². The van der Waals surface area contributed by atoms with Gasteiger partial charge in [0, 0.05) is 26.8 Å². The molecule has 1 aromatic heterocycles. The zero-order chi connectivity index (χ0) is 14.5. The molecule has 1 heterocycles. The van der Waals surface area contributed by atoms with Gasteiger partial charge in [0.25, 0.3) is 5.91 Å². The summed E-state index contributed by atoms with van der Waals surface area (Å²) >= 11 is 0. The molecule has 0 bridgehead atoms. The number of aromatic nitrogens is 1. The lowest BCUT2D eigenvalue weighted by molar-refractivity contribution is 0.0784. The molecule has 1 aromatic carbocycles. The molecule has 1 N–H and O–H groups in total. The van der Waals surface area contributed by atoms with Gasteiger partial charge in [-0.3, -0.25) is 4.79 Å². The molecule has 0 aliphatic rings. The lowest BCUT2D eigenvalue weighted by Crippen LogP contribution is -2.26. The van der Waals surface area contributed by atoms with Crippen LogP contribution in [0.5, 0.6) is 0 Å². The molecule has 0 radical (unpaired) electrons. The SMILES string of the molecule is CNc1ccc(C(=O)N(C)Cc2cccc(F)c2)cn1. The van der Waals surface area contributed by atoms with Gasteiger partial charge in [-0.15, -0.1) is 0 Å². The minimum Gasteiger partial charge on any atom is -0.373 e. The fourth-order valence-corrected chi connectivity index (χ4v) is 1.87. The summed E-state index contributed by atoms with van der Waals surface area (Å²) in [5, 5.41) is 2.89. The molecule has 1 amide bonds. The average Bonchev–Trinajstić information content (AvgIpc) is 2.46. The van der Waals surface area contributed by atoms with Crippen LogP contribution in [0.4, 0.5) is 10.2 Å². The highest BCUT2D eigenvalue weighted by atomic mass is 19.1. The van der Waals surface area contributed by atoms with Gasteiger partial charge >= 0.3 is 0 Å². The quantitative estimate of drug-likeness (QED) is 0.931. The second-order valence-electron chi connectivity index (χ2n) is 4.47. The third-order valence-electron chi connectivity index (χ3n) is 2.92. The topological polar surface area (TPSA) is 45.2 Å². The van der Waals surface area contributed by atoms with Crippen molar-refractivity contribution >= 4 is 11.7 Å². The number of pyridine rings is 1. The maximum Gasteiger partial charge on any atom is 0.255 e. The maximum absolute atomic E-state index is 13.1. The molecule has 0 atom stereocenters. The highest BCUT2D eigenvalue weighted by Crippen LogP contribution is 2.10. The molecule has 0 spiro atoms.